The summed E-state index contributed by atoms with van der Waals surface area (Å²) in [5.41, 5.74) is 0.795. The molecule has 1 aliphatic carbocycles. The average molecular weight is 311 g/mol. The number of hydrogen-bond acceptors (Lipinski definition) is 6. The molecule has 2 aliphatic rings. The van der Waals surface area contributed by atoms with Crippen LogP contribution in [0.1, 0.15) is 35.6 Å². The number of carbonyl (C=O) groups is 2. The number of hydrogen-bond donors (Lipinski definition) is 2. The summed E-state index contributed by atoms with van der Waals surface area (Å²) in [6, 6.07) is -0.159. The highest BCUT2D eigenvalue weighted by molar-refractivity contribution is 7.99. The summed E-state index contributed by atoms with van der Waals surface area (Å²) in [7, 11) is 0. The largest absolute Gasteiger partial charge is 0.301 e. The number of carbonyl (C=O) groups excluding carboxylic acids is 2. The number of amides is 1. The van der Waals surface area contributed by atoms with Gasteiger partial charge in [0.2, 0.25) is 5.91 Å². The van der Waals surface area contributed by atoms with Gasteiger partial charge in [0, 0.05) is 18.1 Å². The Labute approximate surface area is 125 Å². The Morgan fingerprint density at radius 3 is 2.95 bits per heavy atom. The van der Waals surface area contributed by atoms with Crippen LogP contribution in [0.25, 0.3) is 0 Å². The number of aromatic nitrogens is 1. The molecule has 2 heterocycles. The second kappa shape index (κ2) is 5.13. The Hall–Kier alpha value is -0.920. The molecule has 2 N–H and O–H groups in total. The number of thiazole rings is 1. The molecule has 20 heavy (non-hydrogen) atoms. The van der Waals surface area contributed by atoms with Crippen molar-refractivity contribution in [2.75, 3.05) is 16.9 Å². The lowest BCUT2D eigenvalue weighted by molar-refractivity contribution is -0.117. The summed E-state index contributed by atoms with van der Waals surface area (Å²) >= 11 is 3.01. The number of nitrogens with zero attached hydrogens (tertiary/aromatic N) is 1. The third-order valence-corrected chi connectivity index (χ3v) is 5.49. The summed E-state index contributed by atoms with van der Waals surface area (Å²) in [5.74, 6) is 1.67. The SMILES string of the molecule is CC1(C)CC(=O)c2sc(NC(=O)C3CSCN3)nc2C1. The van der Waals surface area contributed by atoms with Crippen molar-refractivity contribution in [3.63, 3.8) is 0 Å². The Bertz CT molecular complexity index is 562. The molecule has 5 nitrogen and oxygen atoms in total. The van der Waals surface area contributed by atoms with Gasteiger partial charge in [-0.2, -0.15) is 0 Å². The highest BCUT2D eigenvalue weighted by atomic mass is 32.2. The van der Waals surface area contributed by atoms with Gasteiger partial charge in [0.05, 0.1) is 16.6 Å². The van der Waals surface area contributed by atoms with Crippen molar-refractivity contribution >= 4 is 39.9 Å². The van der Waals surface area contributed by atoms with E-state index in [1.165, 1.54) is 11.3 Å². The van der Waals surface area contributed by atoms with E-state index in [1.807, 2.05) is 0 Å². The molecule has 1 saturated heterocycles. The fourth-order valence-electron chi connectivity index (χ4n) is 2.53. The molecular formula is C13H17N3O2S2. The maximum absolute atomic E-state index is 12.1. The fraction of sp³-hybridized carbons (Fsp3) is 0.615. The molecular weight excluding hydrogens is 294 g/mol. The maximum Gasteiger partial charge on any atom is 0.244 e. The first-order valence-corrected chi connectivity index (χ1v) is 8.57. The average Bonchev–Trinajstić information content (AvgIpc) is 2.95. The molecule has 7 heteroatoms. The second-order valence-corrected chi connectivity index (χ2v) is 8.03. The van der Waals surface area contributed by atoms with Crippen LogP contribution in [0.2, 0.25) is 0 Å². The molecule has 1 aliphatic heterocycles. The zero-order valence-electron chi connectivity index (χ0n) is 11.5. The topological polar surface area (TPSA) is 71.1 Å². The molecule has 1 unspecified atom stereocenters. The zero-order chi connectivity index (χ0) is 14.3. The molecule has 0 saturated carbocycles. The lowest BCUT2D eigenvalue weighted by Gasteiger charge is -2.26. The molecule has 1 fully saturated rings. The number of Topliss-reactive ketones (excluding diaryl/α,β-unsaturated/α-hetero) is 1. The van der Waals surface area contributed by atoms with Crippen LogP contribution >= 0.6 is 23.1 Å². The van der Waals surface area contributed by atoms with Gasteiger partial charge in [0.15, 0.2) is 10.9 Å². The Balaban J connectivity index is 1.76. The van der Waals surface area contributed by atoms with Crippen LogP contribution in [0.15, 0.2) is 0 Å². The van der Waals surface area contributed by atoms with Gasteiger partial charge in [-0.25, -0.2) is 4.98 Å². The molecule has 1 aromatic heterocycles. The first-order chi connectivity index (χ1) is 9.44. The van der Waals surface area contributed by atoms with Gasteiger partial charge in [-0.15, -0.1) is 11.8 Å². The van der Waals surface area contributed by atoms with E-state index in [-0.39, 0.29) is 23.1 Å². The Morgan fingerprint density at radius 1 is 1.45 bits per heavy atom. The lowest BCUT2D eigenvalue weighted by atomic mass is 9.78. The third-order valence-electron chi connectivity index (χ3n) is 3.50. The molecule has 0 radical (unpaired) electrons. The standard InChI is InChI=1S/C13H17N3O2S2/c1-13(2)3-7-10(9(17)4-13)20-12(15-7)16-11(18)8-5-19-6-14-8/h8,14H,3-6H2,1-2H3,(H,15,16,18). The normalized spacial score (nSPS) is 24.5. The second-order valence-electron chi connectivity index (χ2n) is 6.00. The van der Waals surface area contributed by atoms with Crippen LogP contribution in [0, 0.1) is 5.41 Å². The predicted molar refractivity (Wildman–Crippen MR) is 81.4 cm³/mol. The molecule has 1 aromatic rings. The third kappa shape index (κ3) is 2.75. The van der Waals surface area contributed by atoms with Crippen molar-refractivity contribution in [1.29, 1.82) is 0 Å². The van der Waals surface area contributed by atoms with Crippen LogP contribution in [-0.4, -0.2) is 34.3 Å². The summed E-state index contributed by atoms with van der Waals surface area (Å²) in [6.45, 7) is 4.15. The molecule has 1 amide bonds. The summed E-state index contributed by atoms with van der Waals surface area (Å²) in [4.78, 5) is 29.3. The molecule has 1 atom stereocenters. The van der Waals surface area contributed by atoms with Crippen molar-refractivity contribution in [2.45, 2.75) is 32.7 Å². The van der Waals surface area contributed by atoms with Gasteiger partial charge in [0.1, 0.15) is 0 Å². The summed E-state index contributed by atoms with van der Waals surface area (Å²) in [5, 5.41) is 6.50. The fourth-order valence-corrected chi connectivity index (χ4v) is 4.39. The van der Waals surface area contributed by atoms with Crippen molar-refractivity contribution in [2.24, 2.45) is 5.41 Å². The first-order valence-electron chi connectivity index (χ1n) is 6.59. The van der Waals surface area contributed by atoms with Crippen molar-refractivity contribution < 1.29 is 9.59 Å². The van der Waals surface area contributed by atoms with E-state index in [2.05, 4.69) is 29.5 Å². The number of fused-ring (bicyclic) bond motifs is 1. The van der Waals surface area contributed by atoms with Crippen LogP contribution in [-0.2, 0) is 11.2 Å². The van der Waals surface area contributed by atoms with Crippen LogP contribution in [0.3, 0.4) is 0 Å². The number of ketones is 1. The van der Waals surface area contributed by atoms with Crippen LogP contribution < -0.4 is 10.6 Å². The van der Waals surface area contributed by atoms with Crippen molar-refractivity contribution in [3.8, 4) is 0 Å². The van der Waals surface area contributed by atoms with E-state index >= 15 is 0 Å². The van der Waals surface area contributed by atoms with Crippen molar-refractivity contribution in [1.82, 2.24) is 10.3 Å². The maximum atomic E-state index is 12.1. The van der Waals surface area contributed by atoms with Crippen LogP contribution in [0.5, 0.6) is 0 Å². The van der Waals surface area contributed by atoms with Crippen LogP contribution in [0.4, 0.5) is 5.13 Å². The van der Waals surface area contributed by atoms with Crippen molar-refractivity contribution in [3.05, 3.63) is 10.6 Å². The van der Waals surface area contributed by atoms with E-state index in [1.54, 1.807) is 11.8 Å². The smallest absolute Gasteiger partial charge is 0.244 e. The minimum atomic E-state index is -0.159. The van der Waals surface area contributed by atoms with Gasteiger partial charge < -0.3 is 5.32 Å². The van der Waals surface area contributed by atoms with Gasteiger partial charge in [0.25, 0.3) is 0 Å². The quantitative estimate of drug-likeness (QED) is 0.873. The van der Waals surface area contributed by atoms with Gasteiger partial charge in [-0.05, 0) is 11.8 Å². The van der Waals surface area contributed by atoms with E-state index in [0.29, 0.717) is 16.4 Å². The van der Waals surface area contributed by atoms with E-state index < -0.39 is 0 Å². The van der Waals surface area contributed by atoms with Gasteiger partial charge in [-0.1, -0.05) is 25.2 Å². The molecule has 0 spiro atoms. The molecule has 0 aromatic carbocycles. The molecule has 0 bridgehead atoms. The molecule has 3 rings (SSSR count). The highest BCUT2D eigenvalue weighted by Gasteiger charge is 2.34. The minimum Gasteiger partial charge on any atom is -0.301 e. The monoisotopic (exact) mass is 311 g/mol. The summed E-state index contributed by atoms with van der Waals surface area (Å²) < 4.78 is 0. The highest BCUT2D eigenvalue weighted by Crippen LogP contribution is 2.38. The van der Waals surface area contributed by atoms with E-state index in [9.17, 15) is 9.59 Å². The van der Waals surface area contributed by atoms with E-state index in [0.717, 1.165) is 23.7 Å². The number of rotatable bonds is 2. The first kappa shape index (κ1) is 14.0. The number of thioether (sulfide) groups is 1. The zero-order valence-corrected chi connectivity index (χ0v) is 13.1. The predicted octanol–water partition coefficient (Wildman–Crippen LogP) is 1.90. The number of anilines is 1. The Kier molecular flexibility index (Phi) is 3.60. The number of nitrogens with one attached hydrogen (secondary N) is 2. The summed E-state index contributed by atoms with van der Waals surface area (Å²) in [6.07, 6.45) is 1.34. The molecule has 108 valence electrons. The Morgan fingerprint density at radius 2 is 2.25 bits per heavy atom. The van der Waals surface area contributed by atoms with E-state index in [4.69, 9.17) is 0 Å². The van der Waals surface area contributed by atoms with Gasteiger partial charge in [-0.3, -0.25) is 14.9 Å². The van der Waals surface area contributed by atoms with Gasteiger partial charge >= 0.3 is 0 Å². The lowest BCUT2D eigenvalue weighted by Crippen LogP contribution is -2.37. The minimum absolute atomic E-state index is 0.0386.